The quantitative estimate of drug-likeness (QED) is 0.524. The normalized spacial score (nSPS) is 25.7. The smallest absolute Gasteiger partial charge is 0.295 e. The van der Waals surface area contributed by atoms with Gasteiger partial charge >= 0.3 is 0 Å². The molecule has 2 aromatic carbocycles. The molecule has 3 fully saturated rings. The maximum Gasteiger partial charge on any atom is 0.295 e. The van der Waals surface area contributed by atoms with E-state index in [1.54, 1.807) is 8.72 Å². The molecule has 6 nitrogen and oxygen atoms in total. The third-order valence-electron chi connectivity index (χ3n) is 7.75. The second-order valence-electron chi connectivity index (χ2n) is 10.1. The van der Waals surface area contributed by atoms with E-state index in [0.29, 0.717) is 31.2 Å². The molecule has 0 amide bonds. The highest BCUT2D eigenvalue weighted by molar-refractivity contribution is 7.86. The predicted octanol–water partition coefficient (Wildman–Crippen LogP) is 4.91. The third kappa shape index (κ3) is 5.60. The number of piperidine rings is 2. The van der Waals surface area contributed by atoms with Crippen LogP contribution in [0.15, 0.2) is 54.6 Å². The Morgan fingerprint density at radius 3 is 2.03 bits per heavy atom. The fourth-order valence-electron chi connectivity index (χ4n) is 5.88. The summed E-state index contributed by atoms with van der Waals surface area (Å²) < 4.78 is 31.9. The molecule has 0 bridgehead atoms. The van der Waals surface area contributed by atoms with Crippen molar-refractivity contribution >= 4 is 21.8 Å². The fourth-order valence-corrected chi connectivity index (χ4v) is 7.96. The van der Waals surface area contributed by atoms with E-state index in [4.69, 9.17) is 11.6 Å². The van der Waals surface area contributed by atoms with Crippen LogP contribution in [0, 0.1) is 0 Å². The zero-order valence-electron chi connectivity index (χ0n) is 20.4. The van der Waals surface area contributed by atoms with Gasteiger partial charge < -0.3 is 4.90 Å². The standard InChI is InChI=1S/C27H37ClN4O2S/c28-25-14-12-24(13-15-25)27-26(23-10-4-1-5-11-23)22-30(21-20-29-16-6-2-7-17-29)32(27)35(33,34)31-18-8-3-9-19-31/h1,4-5,10-15,26-27H,2-3,6-9,16-22H2. The number of nitrogens with zero attached hydrogens (tertiary/aromatic N) is 4. The van der Waals surface area contributed by atoms with Gasteiger partial charge in [0.15, 0.2) is 0 Å². The van der Waals surface area contributed by atoms with E-state index < -0.39 is 10.2 Å². The van der Waals surface area contributed by atoms with Crippen LogP contribution in [0.3, 0.4) is 0 Å². The first kappa shape index (κ1) is 25.2. The Labute approximate surface area is 215 Å². The molecule has 2 aromatic rings. The summed E-state index contributed by atoms with van der Waals surface area (Å²) in [6, 6.07) is 17.8. The van der Waals surface area contributed by atoms with Crippen molar-refractivity contribution in [3.63, 3.8) is 0 Å². The van der Waals surface area contributed by atoms with Gasteiger partial charge in [-0.25, -0.2) is 5.01 Å². The number of likely N-dealkylation sites (tertiary alicyclic amines) is 1. The van der Waals surface area contributed by atoms with Crippen molar-refractivity contribution in [1.29, 1.82) is 0 Å². The zero-order valence-corrected chi connectivity index (χ0v) is 22.0. The number of hydrogen-bond donors (Lipinski definition) is 0. The van der Waals surface area contributed by atoms with Crippen LogP contribution >= 0.6 is 11.6 Å². The van der Waals surface area contributed by atoms with E-state index in [1.807, 2.05) is 42.5 Å². The van der Waals surface area contributed by atoms with Gasteiger partial charge in [0.2, 0.25) is 0 Å². The lowest BCUT2D eigenvalue weighted by molar-refractivity contribution is 0.0636. The van der Waals surface area contributed by atoms with Gasteiger partial charge in [-0.2, -0.15) is 12.7 Å². The van der Waals surface area contributed by atoms with Gasteiger partial charge in [0.25, 0.3) is 10.2 Å². The highest BCUT2D eigenvalue weighted by atomic mass is 35.5. The minimum absolute atomic E-state index is 0.0401. The van der Waals surface area contributed by atoms with Crippen molar-refractivity contribution in [2.75, 3.05) is 45.8 Å². The van der Waals surface area contributed by atoms with Gasteiger partial charge in [-0.3, -0.25) is 0 Å². The largest absolute Gasteiger partial charge is 0.302 e. The molecule has 3 saturated heterocycles. The van der Waals surface area contributed by atoms with E-state index in [9.17, 15) is 8.42 Å². The topological polar surface area (TPSA) is 47.1 Å². The van der Waals surface area contributed by atoms with Crippen LogP contribution < -0.4 is 0 Å². The molecular formula is C27H37ClN4O2S. The van der Waals surface area contributed by atoms with E-state index in [0.717, 1.165) is 44.5 Å². The number of benzene rings is 2. The predicted molar refractivity (Wildman–Crippen MR) is 141 cm³/mol. The SMILES string of the molecule is O=S(=O)(N1CCCCC1)N1C(c2ccc(Cl)cc2)C(c2ccccc2)CN1CCN1CCCCC1. The molecule has 2 unspecified atom stereocenters. The molecule has 3 aliphatic rings. The summed E-state index contributed by atoms with van der Waals surface area (Å²) in [6.07, 6.45) is 6.71. The number of halogens is 1. The van der Waals surface area contributed by atoms with Gasteiger partial charge in [-0.05, 0) is 62.0 Å². The molecule has 3 aliphatic heterocycles. The number of hydrazine groups is 1. The van der Waals surface area contributed by atoms with Gasteiger partial charge in [0, 0.05) is 43.7 Å². The fraction of sp³-hybridized carbons (Fsp3) is 0.556. The molecule has 0 aliphatic carbocycles. The Morgan fingerprint density at radius 2 is 1.37 bits per heavy atom. The van der Waals surface area contributed by atoms with Crippen LogP contribution in [0.2, 0.25) is 5.02 Å². The number of hydrogen-bond acceptors (Lipinski definition) is 4. The van der Waals surface area contributed by atoms with Crippen molar-refractivity contribution < 1.29 is 8.42 Å². The average molecular weight is 517 g/mol. The van der Waals surface area contributed by atoms with Gasteiger partial charge in [-0.1, -0.05) is 66.9 Å². The molecule has 0 spiro atoms. The highest BCUT2D eigenvalue weighted by Gasteiger charge is 2.49. The summed E-state index contributed by atoms with van der Waals surface area (Å²) in [5.74, 6) is 0.0401. The molecule has 0 aromatic heterocycles. The monoisotopic (exact) mass is 516 g/mol. The molecule has 0 saturated carbocycles. The third-order valence-corrected chi connectivity index (χ3v) is 9.95. The van der Waals surface area contributed by atoms with E-state index in [1.165, 1.54) is 24.8 Å². The Balaban J connectivity index is 1.53. The number of rotatable bonds is 7. The summed E-state index contributed by atoms with van der Waals surface area (Å²) in [5.41, 5.74) is 2.16. The van der Waals surface area contributed by atoms with E-state index >= 15 is 0 Å². The van der Waals surface area contributed by atoms with Gasteiger partial charge in [-0.15, -0.1) is 4.41 Å². The first-order chi connectivity index (χ1) is 17.0. The van der Waals surface area contributed by atoms with Crippen LogP contribution in [0.25, 0.3) is 0 Å². The summed E-state index contributed by atoms with van der Waals surface area (Å²) in [5, 5.41) is 2.78. The first-order valence-corrected chi connectivity index (χ1v) is 14.9. The van der Waals surface area contributed by atoms with Crippen LogP contribution in [0.4, 0.5) is 0 Å². The Hall–Kier alpha value is -1.48. The van der Waals surface area contributed by atoms with Gasteiger partial charge in [0.05, 0.1) is 6.04 Å². The maximum atomic E-state index is 14.2. The summed E-state index contributed by atoms with van der Waals surface area (Å²) in [4.78, 5) is 2.49. The molecule has 0 N–H and O–H groups in total. The molecular weight excluding hydrogens is 480 g/mol. The Morgan fingerprint density at radius 1 is 0.743 bits per heavy atom. The molecule has 5 rings (SSSR count). The minimum atomic E-state index is -3.67. The highest BCUT2D eigenvalue weighted by Crippen LogP contribution is 2.45. The second kappa shape index (κ2) is 11.3. The van der Waals surface area contributed by atoms with Crippen LogP contribution in [-0.2, 0) is 10.2 Å². The Bertz CT molecular complexity index is 1050. The lowest BCUT2D eigenvalue weighted by Gasteiger charge is -2.38. The van der Waals surface area contributed by atoms with Crippen LogP contribution in [0.1, 0.15) is 61.6 Å². The maximum absolute atomic E-state index is 14.2. The Kier molecular flexibility index (Phi) is 8.12. The molecule has 8 heteroatoms. The average Bonchev–Trinajstić information content (AvgIpc) is 3.30. The lowest BCUT2D eigenvalue weighted by atomic mass is 9.89. The van der Waals surface area contributed by atoms with Gasteiger partial charge in [0.1, 0.15) is 0 Å². The summed E-state index contributed by atoms with van der Waals surface area (Å²) in [6.45, 7) is 5.69. The molecule has 35 heavy (non-hydrogen) atoms. The zero-order chi connectivity index (χ0) is 24.3. The molecule has 0 radical (unpaired) electrons. The minimum Gasteiger partial charge on any atom is -0.302 e. The van der Waals surface area contributed by atoms with E-state index in [-0.39, 0.29) is 12.0 Å². The van der Waals surface area contributed by atoms with Crippen molar-refractivity contribution in [1.82, 2.24) is 18.6 Å². The summed E-state index contributed by atoms with van der Waals surface area (Å²) >= 11 is 6.23. The molecule has 2 atom stereocenters. The van der Waals surface area contributed by atoms with Crippen LogP contribution in [-0.4, -0.2) is 72.9 Å². The van der Waals surface area contributed by atoms with Crippen molar-refractivity contribution in [2.45, 2.75) is 50.5 Å². The second-order valence-corrected chi connectivity index (χ2v) is 12.3. The van der Waals surface area contributed by atoms with E-state index in [2.05, 4.69) is 22.0 Å². The van der Waals surface area contributed by atoms with Crippen molar-refractivity contribution in [2.24, 2.45) is 0 Å². The van der Waals surface area contributed by atoms with Crippen LogP contribution in [0.5, 0.6) is 0 Å². The van der Waals surface area contributed by atoms with Crippen molar-refractivity contribution in [3.8, 4) is 0 Å². The molecule has 3 heterocycles. The lowest BCUT2D eigenvalue weighted by Crippen LogP contribution is -2.52. The summed E-state index contributed by atoms with van der Waals surface area (Å²) in [7, 11) is -3.67. The first-order valence-electron chi connectivity index (χ1n) is 13.1. The molecule has 190 valence electrons. The van der Waals surface area contributed by atoms with Crippen molar-refractivity contribution in [3.05, 3.63) is 70.7 Å².